The van der Waals surface area contributed by atoms with Crippen molar-refractivity contribution in [3.63, 3.8) is 0 Å². The molecule has 0 aliphatic rings. The van der Waals surface area contributed by atoms with E-state index in [1.807, 2.05) is 6.07 Å². The highest BCUT2D eigenvalue weighted by molar-refractivity contribution is 5.48. The van der Waals surface area contributed by atoms with Crippen LogP contribution in [0.15, 0.2) is 6.07 Å². The number of rotatable bonds is 9. The summed E-state index contributed by atoms with van der Waals surface area (Å²) in [5.41, 5.74) is 0. The summed E-state index contributed by atoms with van der Waals surface area (Å²) in [7, 11) is 4.19. The quantitative estimate of drug-likeness (QED) is 0.728. The molecule has 1 atom stereocenters. The zero-order valence-corrected chi connectivity index (χ0v) is 13.5. The first-order valence-corrected chi connectivity index (χ1v) is 7.58. The predicted molar refractivity (Wildman–Crippen MR) is 86.4 cm³/mol. The Morgan fingerprint density at radius 2 is 1.90 bits per heavy atom. The predicted octanol–water partition coefficient (Wildman–Crippen LogP) is 2.61. The Hall–Kier alpha value is -1.36. The van der Waals surface area contributed by atoms with E-state index in [2.05, 4.69) is 60.4 Å². The maximum atomic E-state index is 4.55. The van der Waals surface area contributed by atoms with Gasteiger partial charge in [-0.25, -0.2) is 9.97 Å². The minimum atomic E-state index is 0.399. The number of anilines is 2. The first-order valence-electron chi connectivity index (χ1n) is 7.58. The average Bonchev–Trinajstić information content (AvgIpc) is 2.42. The highest BCUT2D eigenvalue weighted by Crippen LogP contribution is 2.13. The molecule has 20 heavy (non-hydrogen) atoms. The van der Waals surface area contributed by atoms with Crippen LogP contribution in [0.3, 0.4) is 0 Å². The minimum absolute atomic E-state index is 0.399. The summed E-state index contributed by atoms with van der Waals surface area (Å²) in [6.07, 6.45) is 3.03. The molecule has 1 unspecified atom stereocenters. The first kappa shape index (κ1) is 16.7. The Balaban J connectivity index is 2.67. The smallest absolute Gasteiger partial charge is 0.132 e. The van der Waals surface area contributed by atoms with E-state index < -0.39 is 0 Å². The van der Waals surface area contributed by atoms with E-state index in [1.54, 1.807) is 0 Å². The van der Waals surface area contributed by atoms with Crippen LogP contribution in [0.2, 0.25) is 0 Å². The van der Waals surface area contributed by atoms with E-state index in [1.165, 1.54) is 0 Å². The van der Waals surface area contributed by atoms with Gasteiger partial charge in [-0.15, -0.1) is 0 Å². The lowest BCUT2D eigenvalue weighted by Crippen LogP contribution is -2.23. The fourth-order valence-electron chi connectivity index (χ4n) is 1.85. The standard InChI is InChI=1S/C15H29N5/c1-6-9-16-14-11-15(19-13(7-2)18-14)17-12(3)8-10-20(4)5/h11-12H,6-10H2,1-5H3,(H2,16,17,18,19). The van der Waals surface area contributed by atoms with Gasteiger partial charge in [0.05, 0.1) is 0 Å². The third-order valence-corrected chi connectivity index (χ3v) is 3.05. The Bertz CT molecular complexity index is 392. The zero-order chi connectivity index (χ0) is 15.0. The van der Waals surface area contributed by atoms with Crippen molar-refractivity contribution in [3.8, 4) is 0 Å². The molecule has 1 heterocycles. The van der Waals surface area contributed by atoms with Gasteiger partial charge in [0.15, 0.2) is 0 Å². The molecular weight excluding hydrogens is 250 g/mol. The monoisotopic (exact) mass is 279 g/mol. The van der Waals surface area contributed by atoms with Crippen molar-refractivity contribution in [2.75, 3.05) is 37.8 Å². The van der Waals surface area contributed by atoms with Crippen molar-refractivity contribution in [1.82, 2.24) is 14.9 Å². The second-order valence-electron chi connectivity index (χ2n) is 5.47. The van der Waals surface area contributed by atoms with E-state index in [4.69, 9.17) is 0 Å². The minimum Gasteiger partial charge on any atom is -0.370 e. The van der Waals surface area contributed by atoms with Crippen LogP contribution in [0.1, 0.15) is 39.4 Å². The molecule has 0 bridgehead atoms. The summed E-state index contributed by atoms with van der Waals surface area (Å²) in [5, 5.41) is 6.80. The normalized spacial score (nSPS) is 12.5. The molecule has 0 aliphatic carbocycles. The van der Waals surface area contributed by atoms with Crippen LogP contribution in [-0.4, -0.2) is 48.1 Å². The Morgan fingerprint density at radius 3 is 2.50 bits per heavy atom. The van der Waals surface area contributed by atoms with Gasteiger partial charge in [0.25, 0.3) is 0 Å². The van der Waals surface area contributed by atoms with Crippen LogP contribution < -0.4 is 10.6 Å². The maximum absolute atomic E-state index is 4.55. The summed E-state index contributed by atoms with van der Waals surface area (Å²) < 4.78 is 0. The molecule has 114 valence electrons. The maximum Gasteiger partial charge on any atom is 0.132 e. The van der Waals surface area contributed by atoms with Crippen LogP contribution in [-0.2, 0) is 6.42 Å². The van der Waals surface area contributed by atoms with Crippen LogP contribution in [0.4, 0.5) is 11.6 Å². The fourth-order valence-corrected chi connectivity index (χ4v) is 1.85. The van der Waals surface area contributed by atoms with Gasteiger partial charge in [0.2, 0.25) is 0 Å². The summed E-state index contributed by atoms with van der Waals surface area (Å²) >= 11 is 0. The molecule has 2 N–H and O–H groups in total. The van der Waals surface area contributed by atoms with Crippen molar-refractivity contribution in [3.05, 3.63) is 11.9 Å². The van der Waals surface area contributed by atoms with E-state index in [9.17, 15) is 0 Å². The number of hydrogen-bond acceptors (Lipinski definition) is 5. The summed E-state index contributed by atoms with van der Waals surface area (Å²) in [4.78, 5) is 11.2. The van der Waals surface area contributed by atoms with E-state index in [0.29, 0.717) is 6.04 Å². The Morgan fingerprint density at radius 1 is 1.20 bits per heavy atom. The van der Waals surface area contributed by atoms with Gasteiger partial charge >= 0.3 is 0 Å². The molecule has 0 amide bonds. The van der Waals surface area contributed by atoms with Gasteiger partial charge in [0.1, 0.15) is 17.5 Å². The second-order valence-corrected chi connectivity index (χ2v) is 5.47. The van der Waals surface area contributed by atoms with Crippen LogP contribution in [0, 0.1) is 0 Å². The third-order valence-electron chi connectivity index (χ3n) is 3.05. The molecule has 5 heteroatoms. The Kier molecular flexibility index (Phi) is 7.30. The first-order chi connectivity index (χ1) is 9.55. The lowest BCUT2D eigenvalue weighted by atomic mass is 10.2. The van der Waals surface area contributed by atoms with Gasteiger partial charge in [-0.1, -0.05) is 13.8 Å². The highest BCUT2D eigenvalue weighted by atomic mass is 15.1. The van der Waals surface area contributed by atoms with Crippen molar-refractivity contribution >= 4 is 11.6 Å². The molecular formula is C15H29N5. The molecule has 0 aliphatic heterocycles. The van der Waals surface area contributed by atoms with E-state index >= 15 is 0 Å². The topological polar surface area (TPSA) is 53.1 Å². The molecule has 1 rings (SSSR count). The van der Waals surface area contributed by atoms with E-state index in [-0.39, 0.29) is 0 Å². The van der Waals surface area contributed by atoms with Crippen molar-refractivity contribution in [2.45, 2.75) is 46.1 Å². The van der Waals surface area contributed by atoms with Gasteiger partial charge in [-0.2, -0.15) is 0 Å². The van der Waals surface area contributed by atoms with Gasteiger partial charge in [-0.05, 0) is 40.4 Å². The van der Waals surface area contributed by atoms with Gasteiger partial charge in [0, 0.05) is 25.1 Å². The fraction of sp³-hybridized carbons (Fsp3) is 0.733. The van der Waals surface area contributed by atoms with Crippen molar-refractivity contribution in [2.24, 2.45) is 0 Å². The molecule has 0 aromatic carbocycles. The van der Waals surface area contributed by atoms with E-state index in [0.717, 1.165) is 49.8 Å². The number of aryl methyl sites for hydroxylation is 1. The van der Waals surface area contributed by atoms with Crippen LogP contribution >= 0.6 is 0 Å². The number of nitrogens with zero attached hydrogens (tertiary/aromatic N) is 3. The van der Waals surface area contributed by atoms with Crippen LogP contribution in [0.5, 0.6) is 0 Å². The molecule has 5 nitrogen and oxygen atoms in total. The Labute approximate surface area is 123 Å². The summed E-state index contributed by atoms with van der Waals surface area (Å²) in [5.74, 6) is 2.72. The molecule has 1 aromatic heterocycles. The summed E-state index contributed by atoms with van der Waals surface area (Å²) in [6.45, 7) is 8.43. The largest absolute Gasteiger partial charge is 0.370 e. The highest BCUT2D eigenvalue weighted by Gasteiger charge is 2.07. The second kappa shape index (κ2) is 8.74. The molecule has 0 fully saturated rings. The molecule has 0 saturated carbocycles. The van der Waals surface area contributed by atoms with Gasteiger partial charge in [-0.3, -0.25) is 0 Å². The number of nitrogens with one attached hydrogen (secondary N) is 2. The molecule has 0 saturated heterocycles. The van der Waals surface area contributed by atoms with Crippen LogP contribution in [0.25, 0.3) is 0 Å². The molecule has 0 spiro atoms. The summed E-state index contributed by atoms with van der Waals surface area (Å²) in [6, 6.07) is 2.40. The SMILES string of the molecule is CCCNc1cc(NC(C)CCN(C)C)nc(CC)n1. The lowest BCUT2D eigenvalue weighted by Gasteiger charge is -2.18. The van der Waals surface area contributed by atoms with Gasteiger partial charge < -0.3 is 15.5 Å². The van der Waals surface area contributed by atoms with Crippen molar-refractivity contribution < 1.29 is 0 Å². The van der Waals surface area contributed by atoms with Crippen molar-refractivity contribution in [1.29, 1.82) is 0 Å². The number of hydrogen-bond donors (Lipinski definition) is 2. The molecule has 0 radical (unpaired) electrons. The molecule has 1 aromatic rings. The third kappa shape index (κ3) is 6.19. The average molecular weight is 279 g/mol. The zero-order valence-electron chi connectivity index (χ0n) is 13.5. The number of aromatic nitrogens is 2. The lowest BCUT2D eigenvalue weighted by molar-refractivity contribution is 0.390.